The first-order valence-electron chi connectivity index (χ1n) is 13.4. The van der Waals surface area contributed by atoms with Crippen LogP contribution in [0.3, 0.4) is 0 Å². The third-order valence-electron chi connectivity index (χ3n) is 6.66. The van der Waals surface area contributed by atoms with Gasteiger partial charge in [0.25, 0.3) is 10.0 Å². The second kappa shape index (κ2) is 13.5. The molecule has 1 atom stereocenters. The second-order valence-electron chi connectivity index (χ2n) is 10.0. The molecule has 0 saturated heterocycles. The highest BCUT2D eigenvalue weighted by molar-refractivity contribution is 7.92. The van der Waals surface area contributed by atoms with Crippen molar-refractivity contribution in [3.8, 4) is 5.75 Å². The first-order chi connectivity index (χ1) is 19.0. The van der Waals surface area contributed by atoms with E-state index in [2.05, 4.69) is 5.32 Å². The molecule has 0 bridgehead atoms. The van der Waals surface area contributed by atoms with Gasteiger partial charge in [0.1, 0.15) is 18.3 Å². The van der Waals surface area contributed by atoms with Gasteiger partial charge in [0.15, 0.2) is 0 Å². The van der Waals surface area contributed by atoms with Gasteiger partial charge >= 0.3 is 0 Å². The summed E-state index contributed by atoms with van der Waals surface area (Å²) >= 11 is 0. The van der Waals surface area contributed by atoms with Gasteiger partial charge in [0.05, 0.1) is 17.7 Å². The summed E-state index contributed by atoms with van der Waals surface area (Å²) in [6, 6.07) is 19.9. The summed E-state index contributed by atoms with van der Waals surface area (Å²) in [5.41, 5.74) is 2.98. The molecule has 0 aliphatic rings. The Labute approximate surface area is 238 Å². The molecule has 1 unspecified atom stereocenters. The zero-order valence-corrected chi connectivity index (χ0v) is 24.9. The van der Waals surface area contributed by atoms with E-state index in [4.69, 9.17) is 4.74 Å². The summed E-state index contributed by atoms with van der Waals surface area (Å²) in [6.45, 7) is 8.99. The number of aryl methyl sites for hydroxylation is 2. The molecule has 214 valence electrons. The van der Waals surface area contributed by atoms with Crippen LogP contribution in [-0.4, -0.2) is 50.9 Å². The van der Waals surface area contributed by atoms with E-state index in [0.717, 1.165) is 21.0 Å². The second-order valence-corrected chi connectivity index (χ2v) is 11.9. The van der Waals surface area contributed by atoms with E-state index in [9.17, 15) is 18.0 Å². The quantitative estimate of drug-likeness (QED) is 0.339. The zero-order valence-electron chi connectivity index (χ0n) is 24.0. The van der Waals surface area contributed by atoms with Gasteiger partial charge in [-0.05, 0) is 69.5 Å². The van der Waals surface area contributed by atoms with E-state index in [-0.39, 0.29) is 29.1 Å². The predicted molar refractivity (Wildman–Crippen MR) is 158 cm³/mol. The third-order valence-corrected chi connectivity index (χ3v) is 8.43. The Morgan fingerprint density at radius 2 is 1.55 bits per heavy atom. The summed E-state index contributed by atoms with van der Waals surface area (Å²) in [7, 11) is -2.73. The molecule has 0 spiro atoms. The fourth-order valence-electron chi connectivity index (χ4n) is 4.46. The maximum Gasteiger partial charge on any atom is 0.264 e. The molecule has 2 amide bonds. The smallest absolute Gasteiger partial charge is 0.264 e. The zero-order chi connectivity index (χ0) is 29.4. The van der Waals surface area contributed by atoms with E-state index < -0.39 is 28.5 Å². The van der Waals surface area contributed by atoms with Crippen LogP contribution in [0.5, 0.6) is 5.75 Å². The van der Waals surface area contributed by atoms with Crippen molar-refractivity contribution in [3.63, 3.8) is 0 Å². The molecule has 40 heavy (non-hydrogen) atoms. The average molecular weight is 566 g/mol. The van der Waals surface area contributed by atoms with Gasteiger partial charge in [-0.1, -0.05) is 61.0 Å². The molecule has 8 nitrogen and oxygen atoms in total. The van der Waals surface area contributed by atoms with Crippen LogP contribution in [0.1, 0.15) is 43.9 Å². The normalized spacial score (nSPS) is 12.1. The van der Waals surface area contributed by atoms with Gasteiger partial charge in [-0.15, -0.1) is 0 Å². The van der Waals surface area contributed by atoms with Crippen LogP contribution in [0.2, 0.25) is 0 Å². The van der Waals surface area contributed by atoms with Crippen molar-refractivity contribution in [3.05, 3.63) is 89.5 Å². The lowest BCUT2D eigenvalue weighted by atomic mass is 10.1. The number of nitrogens with zero attached hydrogens (tertiary/aromatic N) is 2. The Morgan fingerprint density at radius 1 is 0.925 bits per heavy atom. The Bertz CT molecular complexity index is 1420. The number of rotatable bonds is 12. The van der Waals surface area contributed by atoms with Crippen LogP contribution >= 0.6 is 0 Å². The number of benzene rings is 3. The van der Waals surface area contributed by atoms with Crippen molar-refractivity contribution in [1.29, 1.82) is 0 Å². The van der Waals surface area contributed by atoms with E-state index in [1.165, 1.54) is 24.1 Å². The van der Waals surface area contributed by atoms with Crippen LogP contribution in [0.25, 0.3) is 0 Å². The lowest BCUT2D eigenvalue weighted by Gasteiger charge is -2.34. The van der Waals surface area contributed by atoms with E-state index in [1.54, 1.807) is 36.4 Å². The first kappa shape index (κ1) is 30.7. The summed E-state index contributed by atoms with van der Waals surface area (Å²) in [5.74, 6) is -0.485. The number of para-hydroxylation sites is 2. The molecule has 0 heterocycles. The number of carbonyl (C=O) groups is 2. The van der Waals surface area contributed by atoms with Gasteiger partial charge in [0, 0.05) is 12.6 Å². The van der Waals surface area contributed by atoms with E-state index >= 15 is 0 Å². The van der Waals surface area contributed by atoms with Crippen LogP contribution in [-0.2, 0) is 26.2 Å². The predicted octanol–water partition coefficient (Wildman–Crippen LogP) is 4.84. The van der Waals surface area contributed by atoms with Crippen molar-refractivity contribution in [2.45, 2.75) is 64.6 Å². The van der Waals surface area contributed by atoms with Crippen molar-refractivity contribution in [1.82, 2.24) is 10.2 Å². The lowest BCUT2D eigenvalue weighted by Crippen LogP contribution is -2.53. The summed E-state index contributed by atoms with van der Waals surface area (Å²) in [5, 5.41) is 2.91. The summed E-state index contributed by atoms with van der Waals surface area (Å²) in [4.78, 5) is 28.9. The summed E-state index contributed by atoms with van der Waals surface area (Å²) < 4.78 is 34.6. The molecule has 3 aromatic rings. The van der Waals surface area contributed by atoms with Gasteiger partial charge in [-0.25, -0.2) is 8.42 Å². The largest absolute Gasteiger partial charge is 0.495 e. The monoisotopic (exact) mass is 565 g/mol. The number of hydrogen-bond acceptors (Lipinski definition) is 5. The average Bonchev–Trinajstić information content (AvgIpc) is 2.92. The first-order valence-corrected chi connectivity index (χ1v) is 14.8. The Morgan fingerprint density at radius 3 is 2.15 bits per heavy atom. The van der Waals surface area contributed by atoms with Crippen LogP contribution in [0, 0.1) is 13.8 Å². The van der Waals surface area contributed by atoms with Crippen molar-refractivity contribution >= 4 is 27.5 Å². The fraction of sp³-hybridized carbons (Fsp3) is 0.355. The SMILES string of the molecule is CCC(C(=O)NC(C)C)N(Cc1ccccc1C)C(=O)CN(c1ccccc1OC)S(=O)(=O)c1ccc(C)cc1. The number of carbonyl (C=O) groups excluding carboxylic acids is 2. The molecule has 3 aromatic carbocycles. The third kappa shape index (κ3) is 7.21. The minimum atomic E-state index is -4.18. The highest BCUT2D eigenvalue weighted by Crippen LogP contribution is 2.32. The van der Waals surface area contributed by atoms with Crippen LogP contribution in [0.4, 0.5) is 5.69 Å². The van der Waals surface area contributed by atoms with E-state index in [0.29, 0.717) is 12.2 Å². The van der Waals surface area contributed by atoms with Crippen LogP contribution in [0.15, 0.2) is 77.7 Å². The number of anilines is 1. The molecule has 0 aliphatic heterocycles. The van der Waals surface area contributed by atoms with Gasteiger partial charge in [0.2, 0.25) is 11.8 Å². The molecule has 9 heteroatoms. The molecule has 0 fully saturated rings. The fourth-order valence-corrected chi connectivity index (χ4v) is 5.88. The maximum atomic E-state index is 14.2. The highest BCUT2D eigenvalue weighted by atomic mass is 32.2. The van der Waals surface area contributed by atoms with E-state index in [1.807, 2.05) is 58.9 Å². The molecular weight excluding hydrogens is 526 g/mol. The maximum absolute atomic E-state index is 14.2. The van der Waals surface area contributed by atoms with Crippen molar-refractivity contribution in [2.75, 3.05) is 18.0 Å². The van der Waals surface area contributed by atoms with Crippen molar-refractivity contribution < 1.29 is 22.7 Å². The molecule has 0 aromatic heterocycles. The van der Waals surface area contributed by atoms with Gasteiger partial charge in [-0.2, -0.15) is 0 Å². The number of sulfonamides is 1. The number of nitrogens with one attached hydrogen (secondary N) is 1. The minimum absolute atomic E-state index is 0.0480. The number of amides is 2. The van der Waals surface area contributed by atoms with Crippen LogP contribution < -0.4 is 14.4 Å². The number of hydrogen-bond donors (Lipinski definition) is 1. The number of methoxy groups -OCH3 is 1. The number of ether oxygens (including phenoxy) is 1. The molecule has 3 rings (SSSR count). The Balaban J connectivity index is 2.11. The lowest BCUT2D eigenvalue weighted by molar-refractivity contribution is -0.140. The van der Waals surface area contributed by atoms with Crippen molar-refractivity contribution in [2.24, 2.45) is 0 Å². The molecule has 1 N–H and O–H groups in total. The molecular formula is C31H39N3O5S. The Hall–Kier alpha value is -3.85. The molecule has 0 radical (unpaired) electrons. The standard InChI is InChI=1S/C31H39N3O5S/c1-7-27(31(36)32-22(2)3)33(20-25-13-9-8-12-24(25)5)30(35)21-34(28-14-10-11-15-29(28)39-6)40(37,38)26-18-16-23(4)17-19-26/h8-19,22,27H,7,20-21H2,1-6H3,(H,32,36). The highest BCUT2D eigenvalue weighted by Gasteiger charge is 2.35. The minimum Gasteiger partial charge on any atom is -0.495 e. The van der Waals surface area contributed by atoms with Gasteiger partial charge < -0.3 is 15.0 Å². The molecule has 0 saturated carbocycles. The topological polar surface area (TPSA) is 96.0 Å². The summed E-state index contributed by atoms with van der Waals surface area (Å²) in [6.07, 6.45) is 0.357. The Kier molecular flexibility index (Phi) is 10.3. The molecule has 0 aliphatic carbocycles. The van der Waals surface area contributed by atoms with Gasteiger partial charge in [-0.3, -0.25) is 13.9 Å².